The summed E-state index contributed by atoms with van der Waals surface area (Å²) >= 11 is 3.52. The second-order valence-electron chi connectivity index (χ2n) is 4.73. The van der Waals surface area contributed by atoms with E-state index in [1.165, 1.54) is 8.61 Å². The number of morpholine rings is 1. The predicted molar refractivity (Wildman–Crippen MR) is 69.4 cm³/mol. The summed E-state index contributed by atoms with van der Waals surface area (Å²) in [4.78, 5) is 0.576. The number of alkyl halides is 1. The lowest BCUT2D eigenvalue weighted by molar-refractivity contribution is 0.0701. The van der Waals surface area contributed by atoms with Crippen molar-refractivity contribution in [1.29, 1.82) is 0 Å². The SMILES string of the molecule is CN(CC1CC(Br)C1)S(=O)(=O)N1CCOCC1. The summed E-state index contributed by atoms with van der Waals surface area (Å²) < 4.78 is 32.6. The largest absolute Gasteiger partial charge is 0.379 e. The zero-order valence-corrected chi connectivity index (χ0v) is 12.4. The van der Waals surface area contributed by atoms with Gasteiger partial charge in [0.1, 0.15) is 0 Å². The van der Waals surface area contributed by atoms with Crippen molar-refractivity contribution in [2.24, 2.45) is 5.92 Å². The molecule has 0 amide bonds. The molecule has 1 aliphatic carbocycles. The molecule has 2 rings (SSSR count). The summed E-state index contributed by atoms with van der Waals surface area (Å²) in [5.74, 6) is 0.500. The van der Waals surface area contributed by atoms with Crippen LogP contribution in [0.15, 0.2) is 0 Å². The van der Waals surface area contributed by atoms with Gasteiger partial charge in [-0.15, -0.1) is 0 Å². The Labute approximate surface area is 111 Å². The highest BCUT2D eigenvalue weighted by molar-refractivity contribution is 9.09. The van der Waals surface area contributed by atoms with Crippen LogP contribution in [0.1, 0.15) is 12.8 Å². The van der Waals surface area contributed by atoms with Crippen molar-refractivity contribution < 1.29 is 13.2 Å². The first-order chi connectivity index (χ1) is 8.00. The third kappa shape index (κ3) is 3.20. The van der Waals surface area contributed by atoms with Gasteiger partial charge in [0.2, 0.25) is 0 Å². The predicted octanol–water partition coefficient (Wildman–Crippen LogP) is 0.669. The van der Waals surface area contributed by atoms with Crippen LogP contribution in [0.4, 0.5) is 0 Å². The second kappa shape index (κ2) is 5.52. The van der Waals surface area contributed by atoms with E-state index in [-0.39, 0.29) is 0 Å². The fourth-order valence-electron chi connectivity index (χ4n) is 2.24. The van der Waals surface area contributed by atoms with Gasteiger partial charge in [0.05, 0.1) is 13.2 Å². The summed E-state index contributed by atoms with van der Waals surface area (Å²) in [5.41, 5.74) is 0. The topological polar surface area (TPSA) is 49.9 Å². The molecule has 0 aromatic rings. The van der Waals surface area contributed by atoms with Crippen LogP contribution in [-0.2, 0) is 14.9 Å². The third-order valence-electron chi connectivity index (χ3n) is 3.38. The highest BCUT2D eigenvalue weighted by atomic mass is 79.9. The Bertz CT molecular complexity index is 351. The molecule has 17 heavy (non-hydrogen) atoms. The van der Waals surface area contributed by atoms with Crippen LogP contribution in [0.5, 0.6) is 0 Å². The Morgan fingerprint density at radius 1 is 1.35 bits per heavy atom. The number of ether oxygens (including phenoxy) is 1. The van der Waals surface area contributed by atoms with Gasteiger partial charge in [-0.1, -0.05) is 15.9 Å². The molecule has 1 saturated heterocycles. The van der Waals surface area contributed by atoms with Crippen LogP contribution in [0.3, 0.4) is 0 Å². The first-order valence-electron chi connectivity index (χ1n) is 5.93. The number of halogens is 1. The Morgan fingerprint density at radius 2 is 1.94 bits per heavy atom. The molecule has 0 aromatic carbocycles. The van der Waals surface area contributed by atoms with Crippen molar-refractivity contribution in [3.8, 4) is 0 Å². The molecule has 2 aliphatic rings. The molecule has 1 saturated carbocycles. The van der Waals surface area contributed by atoms with Crippen LogP contribution in [-0.4, -0.2) is 61.8 Å². The summed E-state index contributed by atoms with van der Waals surface area (Å²) in [7, 11) is -1.61. The highest BCUT2D eigenvalue weighted by Gasteiger charge is 2.33. The highest BCUT2D eigenvalue weighted by Crippen LogP contribution is 2.34. The normalized spacial score (nSPS) is 31.5. The third-order valence-corrected chi connectivity index (χ3v) is 6.09. The fourth-order valence-corrected chi connectivity index (χ4v) is 4.70. The molecule has 0 unspecified atom stereocenters. The summed E-state index contributed by atoms with van der Waals surface area (Å²) in [5, 5.41) is 0. The van der Waals surface area contributed by atoms with Gasteiger partial charge in [0.25, 0.3) is 10.2 Å². The Balaban J connectivity index is 1.89. The van der Waals surface area contributed by atoms with E-state index in [0.29, 0.717) is 43.6 Å². The van der Waals surface area contributed by atoms with Crippen molar-refractivity contribution in [2.45, 2.75) is 17.7 Å². The number of rotatable bonds is 4. The van der Waals surface area contributed by atoms with Crippen LogP contribution in [0, 0.1) is 5.92 Å². The standard InChI is InChI=1S/C10H19BrN2O3S/c1-12(8-9-6-10(11)7-9)17(14,15)13-2-4-16-5-3-13/h9-10H,2-8H2,1H3. The average Bonchev–Trinajstić information content (AvgIpc) is 2.28. The van der Waals surface area contributed by atoms with Crippen molar-refractivity contribution in [3.63, 3.8) is 0 Å². The molecule has 5 nitrogen and oxygen atoms in total. The quantitative estimate of drug-likeness (QED) is 0.713. The van der Waals surface area contributed by atoms with Crippen LogP contribution < -0.4 is 0 Å². The first kappa shape index (κ1) is 13.7. The fraction of sp³-hybridized carbons (Fsp3) is 1.00. The molecule has 0 bridgehead atoms. The Hall–Kier alpha value is 0.310. The lowest BCUT2D eigenvalue weighted by atomic mass is 9.85. The van der Waals surface area contributed by atoms with Gasteiger partial charge in [-0.2, -0.15) is 17.0 Å². The van der Waals surface area contributed by atoms with Gasteiger partial charge in [-0.05, 0) is 18.8 Å². The Kier molecular flexibility index (Phi) is 4.46. The molecule has 1 heterocycles. The average molecular weight is 327 g/mol. The monoisotopic (exact) mass is 326 g/mol. The van der Waals surface area contributed by atoms with Crippen LogP contribution in [0.25, 0.3) is 0 Å². The van der Waals surface area contributed by atoms with Crippen molar-refractivity contribution >= 4 is 26.1 Å². The zero-order chi connectivity index (χ0) is 12.5. The van der Waals surface area contributed by atoms with Gasteiger partial charge in [-0.3, -0.25) is 0 Å². The molecule has 100 valence electrons. The van der Waals surface area contributed by atoms with Crippen molar-refractivity contribution in [2.75, 3.05) is 39.9 Å². The maximum absolute atomic E-state index is 12.2. The minimum absolute atomic E-state index is 0.471. The number of nitrogens with zero attached hydrogens (tertiary/aromatic N) is 2. The minimum Gasteiger partial charge on any atom is -0.379 e. The van der Waals surface area contributed by atoms with E-state index in [1.54, 1.807) is 7.05 Å². The first-order valence-corrected chi connectivity index (χ1v) is 8.24. The maximum Gasteiger partial charge on any atom is 0.281 e. The maximum atomic E-state index is 12.2. The van der Waals surface area contributed by atoms with Crippen molar-refractivity contribution in [3.05, 3.63) is 0 Å². The van der Waals surface area contributed by atoms with E-state index < -0.39 is 10.2 Å². The van der Waals surface area contributed by atoms with E-state index in [1.807, 2.05) is 0 Å². The lowest BCUT2D eigenvalue weighted by Gasteiger charge is -2.36. The summed E-state index contributed by atoms with van der Waals surface area (Å²) in [6.07, 6.45) is 2.14. The van der Waals surface area contributed by atoms with E-state index in [4.69, 9.17) is 4.74 Å². The summed E-state index contributed by atoms with van der Waals surface area (Å²) in [6, 6.07) is 0. The van der Waals surface area contributed by atoms with Gasteiger partial charge in [0, 0.05) is 31.5 Å². The molecular formula is C10H19BrN2O3S. The molecule has 0 radical (unpaired) electrons. The van der Waals surface area contributed by atoms with Crippen molar-refractivity contribution in [1.82, 2.24) is 8.61 Å². The van der Waals surface area contributed by atoms with Crippen LogP contribution >= 0.6 is 15.9 Å². The Morgan fingerprint density at radius 3 is 2.47 bits per heavy atom. The second-order valence-corrected chi connectivity index (χ2v) is 8.06. The van der Waals surface area contributed by atoms with Gasteiger partial charge in [-0.25, -0.2) is 0 Å². The van der Waals surface area contributed by atoms with E-state index in [0.717, 1.165) is 12.8 Å². The van der Waals surface area contributed by atoms with Gasteiger partial charge < -0.3 is 4.74 Å². The minimum atomic E-state index is -3.28. The molecule has 0 aromatic heterocycles. The van der Waals surface area contributed by atoms with Gasteiger partial charge >= 0.3 is 0 Å². The molecule has 0 atom stereocenters. The molecule has 0 N–H and O–H groups in total. The molecule has 2 fully saturated rings. The van der Waals surface area contributed by atoms with E-state index in [9.17, 15) is 8.42 Å². The molecule has 0 spiro atoms. The lowest BCUT2D eigenvalue weighted by Crippen LogP contribution is -2.49. The smallest absolute Gasteiger partial charge is 0.281 e. The van der Waals surface area contributed by atoms with E-state index >= 15 is 0 Å². The molecular weight excluding hydrogens is 308 g/mol. The van der Waals surface area contributed by atoms with Gasteiger partial charge in [0.15, 0.2) is 0 Å². The zero-order valence-electron chi connectivity index (χ0n) is 10.0. The summed E-state index contributed by atoms with van der Waals surface area (Å²) in [6.45, 7) is 2.57. The van der Waals surface area contributed by atoms with E-state index in [2.05, 4.69) is 15.9 Å². The van der Waals surface area contributed by atoms with Crippen LogP contribution in [0.2, 0.25) is 0 Å². The number of hydrogen-bond donors (Lipinski definition) is 0. The molecule has 1 aliphatic heterocycles. The number of hydrogen-bond acceptors (Lipinski definition) is 3. The molecule has 7 heteroatoms.